The highest BCUT2D eigenvalue weighted by Crippen LogP contribution is 2.38. The number of nitrogens with two attached hydrogens (primary N) is 1. The topological polar surface area (TPSA) is 101 Å². The van der Waals surface area contributed by atoms with E-state index >= 15 is 0 Å². The van der Waals surface area contributed by atoms with Crippen molar-refractivity contribution in [1.29, 1.82) is 0 Å². The lowest BCUT2D eigenvalue weighted by atomic mass is 10.0. The van der Waals surface area contributed by atoms with E-state index in [-0.39, 0.29) is 5.95 Å². The van der Waals surface area contributed by atoms with Gasteiger partial charge in [-0.05, 0) is 49.2 Å². The number of aromatic nitrogens is 3. The van der Waals surface area contributed by atoms with Crippen LogP contribution in [0.4, 0.5) is 17.6 Å². The number of hydrogen-bond acceptors (Lipinski definition) is 6. The Morgan fingerprint density at radius 1 is 1.18 bits per heavy atom. The van der Waals surface area contributed by atoms with Crippen LogP contribution in [0.5, 0.6) is 5.75 Å². The average Bonchev–Trinajstić information content (AvgIpc) is 3.32. The van der Waals surface area contributed by atoms with Crippen molar-refractivity contribution in [2.45, 2.75) is 18.9 Å². The summed E-state index contributed by atoms with van der Waals surface area (Å²) in [4.78, 5) is 4.00. The molecular formula is C19H20Cl2N6O. The molecule has 0 spiro atoms. The van der Waals surface area contributed by atoms with Crippen molar-refractivity contribution in [1.82, 2.24) is 20.5 Å². The van der Waals surface area contributed by atoms with Crippen LogP contribution in [0.2, 0.25) is 10.0 Å². The van der Waals surface area contributed by atoms with E-state index in [1.165, 1.54) is 6.42 Å². The van der Waals surface area contributed by atoms with Gasteiger partial charge >= 0.3 is 0 Å². The number of nitrogen functional groups attached to an aromatic ring is 1. The molecule has 1 aliphatic rings. The molecule has 2 aromatic carbocycles. The summed E-state index contributed by atoms with van der Waals surface area (Å²) in [7, 11) is 0. The summed E-state index contributed by atoms with van der Waals surface area (Å²) in [5.41, 5.74) is 7.86. The van der Waals surface area contributed by atoms with Gasteiger partial charge in [0.1, 0.15) is 12.4 Å². The standard InChI is InChI=1S/C19H20Cl2N6O/c20-15-8-13(24-19-25-18(22)26-27-19)9-16(21)17(15)11-3-5-14(6-4-11)28-10-12-2-1-7-23-12/h3-6,8-9,12,23H,1-2,7,10H2,(H4,22,24,25,26,27)/t12-/m0/s1. The first-order valence-electron chi connectivity index (χ1n) is 8.99. The molecular weight excluding hydrogens is 399 g/mol. The predicted octanol–water partition coefficient (Wildman–Crippen LogP) is 4.24. The normalized spacial score (nSPS) is 16.3. The summed E-state index contributed by atoms with van der Waals surface area (Å²) in [5, 5.41) is 14.0. The Balaban J connectivity index is 1.48. The summed E-state index contributed by atoms with van der Waals surface area (Å²) >= 11 is 13.0. The van der Waals surface area contributed by atoms with E-state index in [4.69, 9.17) is 33.7 Å². The summed E-state index contributed by atoms with van der Waals surface area (Å²) in [5.74, 6) is 1.39. The Bertz CT molecular complexity index is 930. The van der Waals surface area contributed by atoms with Gasteiger partial charge in [-0.1, -0.05) is 35.3 Å². The SMILES string of the molecule is Nc1nc(Nc2cc(Cl)c(-c3ccc(OC[C@@H]4CCCN4)cc3)c(Cl)c2)n[nH]1. The van der Waals surface area contributed by atoms with Crippen LogP contribution < -0.4 is 21.1 Å². The number of nitrogens with one attached hydrogen (secondary N) is 3. The lowest BCUT2D eigenvalue weighted by molar-refractivity contribution is 0.277. The molecule has 1 fully saturated rings. The molecule has 4 rings (SSSR count). The van der Waals surface area contributed by atoms with Crippen molar-refractivity contribution in [2.75, 3.05) is 24.2 Å². The zero-order valence-electron chi connectivity index (χ0n) is 15.0. The van der Waals surface area contributed by atoms with Gasteiger partial charge in [0.05, 0.1) is 10.0 Å². The van der Waals surface area contributed by atoms with Crippen molar-refractivity contribution >= 4 is 40.8 Å². The Hall–Kier alpha value is -2.48. The molecule has 3 aromatic rings. The average molecular weight is 419 g/mol. The second kappa shape index (κ2) is 8.26. The van der Waals surface area contributed by atoms with Gasteiger partial charge in [0.15, 0.2) is 0 Å². The lowest BCUT2D eigenvalue weighted by Gasteiger charge is -2.14. The molecule has 28 heavy (non-hydrogen) atoms. The van der Waals surface area contributed by atoms with Gasteiger partial charge in [-0.25, -0.2) is 5.10 Å². The summed E-state index contributed by atoms with van der Waals surface area (Å²) in [6.07, 6.45) is 2.36. The minimum Gasteiger partial charge on any atom is -0.492 e. The fourth-order valence-corrected chi connectivity index (χ4v) is 3.90. The van der Waals surface area contributed by atoms with Gasteiger partial charge in [-0.3, -0.25) is 0 Å². The molecule has 1 aromatic heterocycles. The third-order valence-corrected chi connectivity index (χ3v) is 5.15. The van der Waals surface area contributed by atoms with Crippen LogP contribution in [0, 0.1) is 0 Å². The molecule has 1 aliphatic heterocycles. The maximum absolute atomic E-state index is 6.49. The van der Waals surface area contributed by atoms with Crippen LogP contribution in [-0.2, 0) is 0 Å². The van der Waals surface area contributed by atoms with Gasteiger partial charge < -0.3 is 21.1 Å². The molecule has 0 amide bonds. The smallest absolute Gasteiger partial charge is 0.248 e. The molecule has 9 heteroatoms. The van der Waals surface area contributed by atoms with Crippen molar-refractivity contribution in [2.24, 2.45) is 0 Å². The van der Waals surface area contributed by atoms with E-state index in [0.717, 1.165) is 29.8 Å². The van der Waals surface area contributed by atoms with Crippen molar-refractivity contribution < 1.29 is 4.74 Å². The second-order valence-corrected chi connectivity index (χ2v) is 7.43. The maximum Gasteiger partial charge on any atom is 0.248 e. The van der Waals surface area contributed by atoms with Gasteiger partial charge in [0.25, 0.3) is 0 Å². The zero-order valence-corrected chi connectivity index (χ0v) is 16.5. The number of anilines is 3. The summed E-state index contributed by atoms with van der Waals surface area (Å²) in [6, 6.07) is 11.7. The highest BCUT2D eigenvalue weighted by Gasteiger charge is 2.15. The van der Waals surface area contributed by atoms with Crippen LogP contribution in [-0.4, -0.2) is 34.4 Å². The van der Waals surface area contributed by atoms with Crippen LogP contribution >= 0.6 is 23.2 Å². The van der Waals surface area contributed by atoms with Crippen LogP contribution in [0.3, 0.4) is 0 Å². The first kappa shape index (κ1) is 18.9. The first-order chi connectivity index (χ1) is 13.6. The molecule has 0 aliphatic carbocycles. The minimum atomic E-state index is 0.224. The fourth-order valence-electron chi connectivity index (χ4n) is 3.19. The van der Waals surface area contributed by atoms with Gasteiger partial charge in [-0.15, -0.1) is 5.10 Å². The van der Waals surface area contributed by atoms with E-state index < -0.39 is 0 Å². The second-order valence-electron chi connectivity index (χ2n) is 6.61. The van der Waals surface area contributed by atoms with E-state index in [2.05, 4.69) is 25.8 Å². The first-order valence-corrected chi connectivity index (χ1v) is 9.74. The number of benzene rings is 2. The van der Waals surface area contributed by atoms with Crippen LogP contribution in [0.25, 0.3) is 11.1 Å². The highest BCUT2D eigenvalue weighted by molar-refractivity contribution is 6.39. The highest BCUT2D eigenvalue weighted by atomic mass is 35.5. The Morgan fingerprint density at radius 2 is 1.93 bits per heavy atom. The molecule has 0 saturated carbocycles. The largest absolute Gasteiger partial charge is 0.492 e. The molecule has 1 atom stereocenters. The van der Waals surface area contributed by atoms with Gasteiger partial charge in [0, 0.05) is 17.3 Å². The molecule has 0 bridgehead atoms. The van der Waals surface area contributed by atoms with Gasteiger partial charge in [-0.2, -0.15) is 4.98 Å². The maximum atomic E-state index is 6.49. The van der Waals surface area contributed by atoms with Crippen LogP contribution in [0.1, 0.15) is 12.8 Å². The Morgan fingerprint density at radius 3 is 2.54 bits per heavy atom. The van der Waals surface area contributed by atoms with Crippen LogP contribution in [0.15, 0.2) is 36.4 Å². The number of ether oxygens (including phenoxy) is 1. The minimum absolute atomic E-state index is 0.224. The third-order valence-electron chi connectivity index (χ3n) is 4.56. The monoisotopic (exact) mass is 418 g/mol. The molecule has 2 heterocycles. The molecule has 7 nitrogen and oxygen atoms in total. The number of halogens is 2. The van der Waals surface area contributed by atoms with E-state index in [1.54, 1.807) is 12.1 Å². The van der Waals surface area contributed by atoms with E-state index in [9.17, 15) is 0 Å². The number of nitrogens with zero attached hydrogens (tertiary/aromatic N) is 2. The fraction of sp³-hybridized carbons (Fsp3) is 0.263. The number of hydrogen-bond donors (Lipinski definition) is 4. The number of aromatic amines is 1. The Kier molecular flexibility index (Phi) is 5.57. The molecule has 0 radical (unpaired) electrons. The van der Waals surface area contributed by atoms with E-state index in [0.29, 0.717) is 34.3 Å². The van der Waals surface area contributed by atoms with Crippen molar-refractivity contribution in [3.63, 3.8) is 0 Å². The molecule has 1 saturated heterocycles. The van der Waals surface area contributed by atoms with Gasteiger partial charge in [0.2, 0.25) is 11.9 Å². The molecule has 146 valence electrons. The quantitative estimate of drug-likeness (QED) is 0.477. The third kappa shape index (κ3) is 4.32. The zero-order chi connectivity index (χ0) is 19.5. The number of H-pyrrole nitrogens is 1. The predicted molar refractivity (Wildman–Crippen MR) is 112 cm³/mol. The van der Waals surface area contributed by atoms with E-state index in [1.807, 2.05) is 24.3 Å². The lowest BCUT2D eigenvalue weighted by Crippen LogP contribution is -2.28. The van der Waals surface area contributed by atoms with Crippen molar-refractivity contribution in [3.05, 3.63) is 46.4 Å². The van der Waals surface area contributed by atoms with Crippen molar-refractivity contribution in [3.8, 4) is 16.9 Å². The summed E-state index contributed by atoms with van der Waals surface area (Å²) in [6.45, 7) is 1.74. The Labute approximate surface area is 172 Å². The number of rotatable bonds is 6. The molecule has 5 N–H and O–H groups in total. The summed E-state index contributed by atoms with van der Waals surface area (Å²) < 4.78 is 5.86. The molecule has 0 unspecified atom stereocenters.